The number of anilines is 2. The van der Waals surface area contributed by atoms with Gasteiger partial charge in [0.05, 0.1) is 48.7 Å². The van der Waals surface area contributed by atoms with E-state index in [-0.39, 0.29) is 66.0 Å². The lowest BCUT2D eigenvalue weighted by molar-refractivity contribution is -0.158. The molecule has 3 heterocycles. The van der Waals surface area contributed by atoms with Crippen molar-refractivity contribution in [2.75, 3.05) is 62.3 Å². The largest absolute Gasteiger partial charge is 0.495 e. The normalized spacial score (nSPS) is 24.3. The summed E-state index contributed by atoms with van der Waals surface area (Å²) in [5.74, 6) is -5.71. The average molecular weight is 1440 g/mol. The van der Waals surface area contributed by atoms with Gasteiger partial charge in [-0.3, -0.25) is 29.8 Å². The fourth-order valence-corrected chi connectivity index (χ4v) is 12.4. The molecule has 24 nitrogen and oxygen atoms in total. The van der Waals surface area contributed by atoms with Crippen molar-refractivity contribution in [3.05, 3.63) is 75.8 Å². The Balaban J connectivity index is 1.39. The number of alkyl carbamates (subject to hydrolysis) is 1. The molecule has 0 spiro atoms. The number of likely N-dealkylation sites (N-methyl/N-ethyl adjacent to an activating group) is 1. The molecule has 2 aromatic carbocycles. The van der Waals surface area contributed by atoms with Crippen LogP contribution in [0.3, 0.4) is 0 Å². The highest BCUT2D eigenvalue weighted by atomic mass is 79.9. The molecule has 0 aromatic heterocycles. The van der Waals surface area contributed by atoms with E-state index in [2.05, 4.69) is 58.4 Å². The molecule has 1 unspecified atom stereocenters. The minimum Gasteiger partial charge on any atom is -0.495 e. The number of methoxy groups -OCH3 is 2. The maximum Gasteiger partial charge on any atom is 0.418 e. The molecular weight excluding hydrogens is 1350 g/mol. The Morgan fingerprint density at radius 1 is 1.03 bits per heavy atom. The van der Waals surface area contributed by atoms with Crippen molar-refractivity contribution in [2.24, 2.45) is 17.6 Å². The summed E-state index contributed by atoms with van der Waals surface area (Å²) >= 11 is 13.4. The Labute approximate surface area is 548 Å². The van der Waals surface area contributed by atoms with Gasteiger partial charge in [-0.1, -0.05) is 88.0 Å². The molecule has 2 saturated heterocycles. The highest BCUT2D eigenvalue weighted by Gasteiger charge is 2.64. The van der Waals surface area contributed by atoms with E-state index in [1.54, 1.807) is 58.1 Å². The lowest BCUT2D eigenvalue weighted by Crippen LogP contribution is -2.63. The topological polar surface area (TPSA) is 325 Å². The molecule has 0 aliphatic carbocycles. The lowest BCUT2D eigenvalue weighted by atomic mass is 9.83. The molecule has 3 aliphatic rings. The minimum absolute atomic E-state index is 0.00763. The van der Waals surface area contributed by atoms with Crippen molar-refractivity contribution in [2.45, 2.75) is 165 Å². The summed E-state index contributed by atoms with van der Waals surface area (Å²) in [4.78, 5) is 122. The maximum atomic E-state index is 15.1. The molecule has 2 aromatic rings. The Kier molecular flexibility index (Phi) is 27.4. The van der Waals surface area contributed by atoms with E-state index < -0.39 is 148 Å². The first-order chi connectivity index (χ1) is 42.7. The number of esters is 1. The van der Waals surface area contributed by atoms with E-state index in [4.69, 9.17) is 45.8 Å². The first-order valence-corrected chi connectivity index (χ1v) is 32.0. The third-order valence-electron chi connectivity index (χ3n) is 16.4. The number of epoxide rings is 1. The van der Waals surface area contributed by atoms with Crippen molar-refractivity contribution in [1.29, 1.82) is 0 Å². The second-order valence-electron chi connectivity index (χ2n) is 23.5. The van der Waals surface area contributed by atoms with Gasteiger partial charge in [-0.2, -0.15) is 13.2 Å². The molecule has 0 radical (unpaired) electrons. The summed E-state index contributed by atoms with van der Waals surface area (Å²) < 4.78 is 80.4. The highest BCUT2D eigenvalue weighted by molar-refractivity contribution is 9.10. The van der Waals surface area contributed by atoms with E-state index in [0.29, 0.717) is 43.5 Å². The van der Waals surface area contributed by atoms with Crippen LogP contribution in [0.15, 0.2) is 54.1 Å². The van der Waals surface area contributed by atoms with Crippen LogP contribution in [0.1, 0.15) is 108 Å². The van der Waals surface area contributed by atoms with Gasteiger partial charge in [-0.25, -0.2) is 14.4 Å². The van der Waals surface area contributed by atoms with Gasteiger partial charge in [0.15, 0.2) is 12.0 Å². The van der Waals surface area contributed by atoms with Crippen LogP contribution in [0.5, 0.6) is 5.75 Å². The van der Waals surface area contributed by atoms with Gasteiger partial charge in [0.2, 0.25) is 17.7 Å². The Hall–Kier alpha value is -6.21. The first-order valence-electron chi connectivity index (χ1n) is 29.4. The molecule has 2 fully saturated rings. The van der Waals surface area contributed by atoms with Gasteiger partial charge in [0.1, 0.15) is 58.7 Å². The van der Waals surface area contributed by atoms with Crippen LogP contribution in [0.2, 0.25) is 5.02 Å². The smallest absolute Gasteiger partial charge is 0.418 e. The number of halogens is 6. The van der Waals surface area contributed by atoms with E-state index in [1.165, 1.54) is 33.1 Å². The predicted molar refractivity (Wildman–Crippen MR) is 337 cm³/mol. The number of carbonyl (C=O) groups excluding carboxylic acids is 9. The number of aliphatic hydroxyl groups is 1. The Morgan fingerprint density at radius 3 is 2.33 bits per heavy atom. The standard InChI is InChI=1S/C61H82Br2ClF3N8O16/c1-33(2)50(70-39(29-76)16-11-12-22-88-59(30-62,31-63)32-77)53(80)72-42(17-14-21-69-56(68)83)52(79)71-41-20-19-38(26-40(41)61(65,66)67)54(81)74(7)36(5)55(82)90-47-27-48(78)75(8)43-24-37(25-44(86-9)49(43)64)23-34(3)15-13-18-46(87-10)60(85)28-45(89-57(84)73-60)35(4)51-58(47,6)91-51/h13,15,18-20,24-26,29,32-33,35-36,39,42,45-47,50-51,70,85H,11-12,14,16-17,21-23,27-28,30-31H2,1-10H3,(H,71,79)(H,72,80)(H,73,84)(H3,68,69,83)/b18-13+,34-15+/t35-,36+,39?,42+,45+,46-,47+,50+,51+,58+,60+/m1/s1. The number of amides is 7. The number of nitrogens with two attached hydrogens (primary N) is 1. The molecule has 5 rings (SSSR count). The predicted octanol–water partition coefficient (Wildman–Crippen LogP) is 6.82. The van der Waals surface area contributed by atoms with Crippen LogP contribution in [0.4, 0.5) is 34.1 Å². The number of allylic oxidation sites excluding steroid dienone is 3. The number of urea groups is 1. The van der Waals surface area contributed by atoms with Crippen molar-refractivity contribution >= 4 is 109 Å². The Bertz CT molecular complexity index is 3030. The number of hydrogen-bond acceptors (Lipinski definition) is 17. The molecule has 3 aliphatic heterocycles. The quantitative estimate of drug-likeness (QED) is 0.0159. The zero-order valence-corrected chi connectivity index (χ0v) is 56.3. The highest BCUT2D eigenvalue weighted by Crippen LogP contribution is 2.49. The summed E-state index contributed by atoms with van der Waals surface area (Å²) in [5, 5.41) is 25.1. The number of rotatable bonds is 27. The first kappa shape index (κ1) is 75.5. The third-order valence-corrected chi connectivity index (χ3v) is 18.6. The fraction of sp³-hybridized carbons (Fsp3) is 0.590. The van der Waals surface area contributed by atoms with Crippen LogP contribution < -0.4 is 42.0 Å². The number of nitrogens with one attached hydrogen (secondary N) is 5. The second kappa shape index (κ2) is 33.1. The zero-order valence-electron chi connectivity index (χ0n) is 52.3. The van der Waals surface area contributed by atoms with Crippen molar-refractivity contribution in [3.63, 3.8) is 0 Å². The van der Waals surface area contributed by atoms with Crippen molar-refractivity contribution in [1.82, 2.24) is 26.2 Å². The molecule has 91 heavy (non-hydrogen) atoms. The van der Waals surface area contributed by atoms with E-state index in [0.717, 1.165) is 29.7 Å². The number of primary amides is 1. The number of benzene rings is 2. The van der Waals surface area contributed by atoms with Crippen LogP contribution in [-0.4, -0.2) is 182 Å². The van der Waals surface area contributed by atoms with Crippen LogP contribution in [0, 0.1) is 11.8 Å². The minimum atomic E-state index is -5.22. The molecular formula is C61H82Br2ClF3N8O16. The summed E-state index contributed by atoms with van der Waals surface area (Å²) in [6.07, 6.45) is -3.81. The summed E-state index contributed by atoms with van der Waals surface area (Å²) in [6.45, 7) is 9.79. The van der Waals surface area contributed by atoms with Gasteiger partial charge in [-0.05, 0) is 101 Å². The van der Waals surface area contributed by atoms with Crippen LogP contribution in [-0.2, 0) is 65.0 Å². The summed E-state index contributed by atoms with van der Waals surface area (Å²) in [7, 11) is 5.36. The average Bonchev–Trinajstić information content (AvgIpc) is 1.59. The van der Waals surface area contributed by atoms with E-state index >= 15 is 13.2 Å². The molecule has 11 atom stereocenters. The number of carbonyl (C=O) groups is 9. The van der Waals surface area contributed by atoms with Gasteiger partial charge < -0.3 is 74.6 Å². The molecule has 30 heteroatoms. The number of unbranched alkanes of at least 4 members (excludes halogenated alkanes) is 1. The summed E-state index contributed by atoms with van der Waals surface area (Å²) in [5.41, 5.74) is -0.474. The summed E-state index contributed by atoms with van der Waals surface area (Å²) in [6, 6.07) is -0.253. The van der Waals surface area contributed by atoms with Gasteiger partial charge >= 0.3 is 24.3 Å². The van der Waals surface area contributed by atoms with Crippen LogP contribution >= 0.6 is 43.5 Å². The van der Waals surface area contributed by atoms with Gasteiger partial charge in [0.25, 0.3) is 5.91 Å². The molecule has 0 saturated carbocycles. The molecule has 4 bridgehead atoms. The number of nitrogens with zero attached hydrogens (tertiary/aromatic N) is 2. The maximum absolute atomic E-state index is 15.1. The number of ether oxygens (including phenoxy) is 6. The molecule has 8 N–H and O–H groups in total. The monoisotopic (exact) mass is 1430 g/mol. The lowest BCUT2D eigenvalue weighted by Gasteiger charge is -2.42. The number of hydrogen-bond donors (Lipinski definition) is 7. The number of alkyl halides is 5. The van der Waals surface area contributed by atoms with Crippen molar-refractivity contribution < 1.29 is 89.8 Å². The van der Waals surface area contributed by atoms with Crippen LogP contribution in [0.25, 0.3) is 0 Å². The van der Waals surface area contributed by atoms with Crippen molar-refractivity contribution in [3.8, 4) is 5.75 Å². The zero-order chi connectivity index (χ0) is 67.9. The van der Waals surface area contributed by atoms with Gasteiger partial charge in [0, 0.05) is 62.9 Å². The number of fused-ring (bicyclic) bond motifs is 5. The SMILES string of the molecule is COc1cc2cc(c1Cl)N(C)C(=O)C[C@H](OC(=O)[C@H](C)N(C)C(=O)c1ccc(NC(=O)[C@H](CCCNC(N)=O)NC(=O)[C@@H](NC(C=O)CCCCOC(C=O)(CBr)CBr)C(C)C)c(C(F)(F)F)c1)[C@]1(C)O[C@H]1[C@H](C)[C@@H]1C[C@@](O)(NC(=O)O1)[C@H](OC)/C=C/C=C(\C)C2. The second-order valence-corrected chi connectivity index (χ2v) is 25.0. The number of aldehydes is 2. The fourth-order valence-electron chi connectivity index (χ4n) is 10.6. The Morgan fingerprint density at radius 2 is 1.73 bits per heavy atom. The molecule has 504 valence electrons. The molecule has 7 amide bonds. The third kappa shape index (κ3) is 19.7. The van der Waals surface area contributed by atoms with E-state index in [1.807, 2.05) is 6.92 Å². The van der Waals surface area contributed by atoms with E-state index in [9.17, 15) is 48.3 Å². The van der Waals surface area contributed by atoms with Gasteiger partial charge in [-0.15, -0.1) is 0 Å².